The SMILES string of the molecule is CC(C)c1ccc(CN[C@H](C)c2ccccc2F)cc1. The molecule has 2 aromatic rings. The highest BCUT2D eigenvalue weighted by molar-refractivity contribution is 5.25. The minimum Gasteiger partial charge on any atom is -0.306 e. The lowest BCUT2D eigenvalue weighted by Gasteiger charge is -2.15. The summed E-state index contributed by atoms with van der Waals surface area (Å²) in [5, 5.41) is 3.36. The lowest BCUT2D eigenvalue weighted by molar-refractivity contribution is 0.528. The largest absolute Gasteiger partial charge is 0.306 e. The smallest absolute Gasteiger partial charge is 0.127 e. The average Bonchev–Trinajstić information content (AvgIpc) is 2.45. The van der Waals surface area contributed by atoms with Gasteiger partial charge in [-0.15, -0.1) is 0 Å². The van der Waals surface area contributed by atoms with E-state index in [1.807, 2.05) is 19.1 Å². The van der Waals surface area contributed by atoms with Crippen molar-refractivity contribution in [3.8, 4) is 0 Å². The van der Waals surface area contributed by atoms with Gasteiger partial charge in [0.25, 0.3) is 0 Å². The molecule has 0 aliphatic heterocycles. The van der Waals surface area contributed by atoms with Crippen LogP contribution in [0.5, 0.6) is 0 Å². The molecular formula is C18H22FN. The van der Waals surface area contributed by atoms with Gasteiger partial charge in [-0.3, -0.25) is 0 Å². The Labute approximate surface area is 120 Å². The molecule has 0 bridgehead atoms. The van der Waals surface area contributed by atoms with Gasteiger partial charge in [0.1, 0.15) is 5.82 Å². The highest BCUT2D eigenvalue weighted by Crippen LogP contribution is 2.18. The zero-order valence-corrected chi connectivity index (χ0v) is 12.4. The van der Waals surface area contributed by atoms with Crippen LogP contribution in [0.15, 0.2) is 48.5 Å². The lowest BCUT2D eigenvalue weighted by atomic mass is 10.0. The monoisotopic (exact) mass is 271 g/mol. The second-order valence-electron chi connectivity index (χ2n) is 5.52. The Morgan fingerprint density at radius 2 is 1.60 bits per heavy atom. The van der Waals surface area contributed by atoms with E-state index in [2.05, 4.69) is 43.4 Å². The van der Waals surface area contributed by atoms with Crippen LogP contribution in [0.2, 0.25) is 0 Å². The second-order valence-corrected chi connectivity index (χ2v) is 5.52. The topological polar surface area (TPSA) is 12.0 Å². The molecule has 0 aliphatic carbocycles. The third-order valence-electron chi connectivity index (χ3n) is 3.63. The van der Waals surface area contributed by atoms with E-state index in [1.54, 1.807) is 6.07 Å². The fourth-order valence-corrected chi connectivity index (χ4v) is 2.23. The average molecular weight is 271 g/mol. The summed E-state index contributed by atoms with van der Waals surface area (Å²) < 4.78 is 13.7. The predicted octanol–water partition coefficient (Wildman–Crippen LogP) is 4.80. The van der Waals surface area contributed by atoms with E-state index in [0.29, 0.717) is 11.5 Å². The summed E-state index contributed by atoms with van der Waals surface area (Å²) in [5.74, 6) is 0.400. The highest BCUT2D eigenvalue weighted by Gasteiger charge is 2.09. The van der Waals surface area contributed by atoms with Crippen LogP contribution in [-0.4, -0.2) is 0 Å². The van der Waals surface area contributed by atoms with Gasteiger partial charge in [-0.25, -0.2) is 4.39 Å². The van der Waals surface area contributed by atoms with Crippen LogP contribution in [0.3, 0.4) is 0 Å². The summed E-state index contributed by atoms with van der Waals surface area (Å²) in [6.45, 7) is 7.11. The van der Waals surface area contributed by atoms with Crippen molar-refractivity contribution in [3.63, 3.8) is 0 Å². The normalized spacial score (nSPS) is 12.7. The van der Waals surface area contributed by atoms with Crippen molar-refractivity contribution in [2.75, 3.05) is 0 Å². The molecule has 1 atom stereocenters. The molecule has 106 valence electrons. The van der Waals surface area contributed by atoms with Crippen molar-refractivity contribution in [2.24, 2.45) is 0 Å². The Kier molecular flexibility index (Phi) is 4.91. The molecule has 0 radical (unpaired) electrons. The molecular weight excluding hydrogens is 249 g/mol. The van der Waals surface area contributed by atoms with Crippen molar-refractivity contribution in [1.29, 1.82) is 0 Å². The number of rotatable bonds is 5. The van der Waals surface area contributed by atoms with Crippen molar-refractivity contribution < 1.29 is 4.39 Å². The minimum absolute atomic E-state index is 0.000903. The van der Waals surface area contributed by atoms with Gasteiger partial charge >= 0.3 is 0 Å². The van der Waals surface area contributed by atoms with Crippen molar-refractivity contribution >= 4 is 0 Å². The molecule has 0 heterocycles. The number of benzene rings is 2. The van der Waals surface area contributed by atoms with E-state index < -0.39 is 0 Å². The molecule has 2 rings (SSSR count). The molecule has 0 unspecified atom stereocenters. The summed E-state index contributed by atoms with van der Waals surface area (Å²) in [6, 6.07) is 15.5. The van der Waals surface area contributed by atoms with Crippen molar-refractivity contribution in [2.45, 2.75) is 39.3 Å². The molecule has 0 aliphatic rings. The molecule has 0 spiro atoms. The van der Waals surface area contributed by atoms with Crippen LogP contribution in [0.1, 0.15) is 49.4 Å². The maximum atomic E-state index is 13.7. The maximum absolute atomic E-state index is 13.7. The number of nitrogens with one attached hydrogen (secondary N) is 1. The predicted molar refractivity (Wildman–Crippen MR) is 82.2 cm³/mol. The molecule has 0 saturated carbocycles. The first kappa shape index (κ1) is 14.7. The van der Waals surface area contributed by atoms with Gasteiger partial charge in [0.2, 0.25) is 0 Å². The van der Waals surface area contributed by atoms with E-state index in [4.69, 9.17) is 0 Å². The fraction of sp³-hybridized carbons (Fsp3) is 0.333. The number of halogens is 1. The third-order valence-corrected chi connectivity index (χ3v) is 3.63. The van der Waals surface area contributed by atoms with Gasteiger partial charge in [0.15, 0.2) is 0 Å². The van der Waals surface area contributed by atoms with E-state index in [9.17, 15) is 4.39 Å². The molecule has 2 aromatic carbocycles. The Balaban J connectivity index is 1.96. The van der Waals surface area contributed by atoms with Gasteiger partial charge in [-0.05, 0) is 30.0 Å². The zero-order chi connectivity index (χ0) is 14.5. The summed E-state index contributed by atoms with van der Waals surface area (Å²) in [6.07, 6.45) is 0. The molecule has 0 amide bonds. The quantitative estimate of drug-likeness (QED) is 0.823. The molecule has 2 heteroatoms. The molecule has 1 nitrogen and oxygen atoms in total. The van der Waals surface area contributed by atoms with E-state index >= 15 is 0 Å². The Morgan fingerprint density at radius 3 is 2.20 bits per heavy atom. The lowest BCUT2D eigenvalue weighted by Crippen LogP contribution is -2.19. The van der Waals surface area contributed by atoms with Crippen molar-refractivity contribution in [1.82, 2.24) is 5.32 Å². The number of hydrogen-bond acceptors (Lipinski definition) is 1. The first-order chi connectivity index (χ1) is 9.58. The fourth-order valence-electron chi connectivity index (χ4n) is 2.23. The molecule has 1 N–H and O–H groups in total. The van der Waals surface area contributed by atoms with Gasteiger partial charge in [0, 0.05) is 18.2 Å². The molecule has 0 saturated heterocycles. The third kappa shape index (κ3) is 3.67. The second kappa shape index (κ2) is 6.67. The Bertz CT molecular complexity index is 546. The van der Waals surface area contributed by atoms with Crippen LogP contribution >= 0.6 is 0 Å². The summed E-state index contributed by atoms with van der Waals surface area (Å²) in [4.78, 5) is 0. The van der Waals surface area contributed by atoms with Gasteiger partial charge in [0.05, 0.1) is 0 Å². The van der Waals surface area contributed by atoms with Crippen molar-refractivity contribution in [3.05, 3.63) is 71.0 Å². The highest BCUT2D eigenvalue weighted by atomic mass is 19.1. The van der Waals surface area contributed by atoms with Crippen LogP contribution in [0.4, 0.5) is 4.39 Å². The molecule has 0 aromatic heterocycles. The first-order valence-corrected chi connectivity index (χ1v) is 7.14. The summed E-state index contributed by atoms with van der Waals surface area (Å²) in [7, 11) is 0. The van der Waals surface area contributed by atoms with E-state index in [-0.39, 0.29) is 11.9 Å². The Morgan fingerprint density at radius 1 is 0.950 bits per heavy atom. The molecule has 0 fully saturated rings. The van der Waals surface area contributed by atoms with Crippen LogP contribution in [0.25, 0.3) is 0 Å². The van der Waals surface area contributed by atoms with E-state index in [1.165, 1.54) is 17.2 Å². The number of hydrogen-bond donors (Lipinski definition) is 1. The molecule has 20 heavy (non-hydrogen) atoms. The van der Waals surface area contributed by atoms with Gasteiger partial charge in [-0.2, -0.15) is 0 Å². The minimum atomic E-state index is -0.150. The maximum Gasteiger partial charge on any atom is 0.127 e. The van der Waals surface area contributed by atoms with Gasteiger partial charge < -0.3 is 5.32 Å². The Hall–Kier alpha value is -1.67. The van der Waals surface area contributed by atoms with Gasteiger partial charge in [-0.1, -0.05) is 56.3 Å². The summed E-state index contributed by atoms with van der Waals surface area (Å²) in [5.41, 5.74) is 3.28. The van der Waals surface area contributed by atoms with Crippen LogP contribution in [-0.2, 0) is 6.54 Å². The summed E-state index contributed by atoms with van der Waals surface area (Å²) >= 11 is 0. The van der Waals surface area contributed by atoms with Crippen LogP contribution < -0.4 is 5.32 Å². The zero-order valence-electron chi connectivity index (χ0n) is 12.4. The first-order valence-electron chi connectivity index (χ1n) is 7.14. The standard InChI is InChI=1S/C18H22FN/c1-13(2)16-10-8-15(9-11-16)12-20-14(3)17-6-4-5-7-18(17)19/h4-11,13-14,20H,12H2,1-3H3/t14-/m1/s1. The van der Waals surface area contributed by atoms with Crippen LogP contribution in [0, 0.1) is 5.82 Å². The van der Waals surface area contributed by atoms with E-state index in [0.717, 1.165) is 6.54 Å².